The van der Waals surface area contributed by atoms with Crippen LogP contribution in [0.3, 0.4) is 0 Å². The summed E-state index contributed by atoms with van der Waals surface area (Å²) in [5.74, 6) is 0.563. The maximum Gasteiger partial charge on any atom is 0.223 e. The van der Waals surface area contributed by atoms with Crippen molar-refractivity contribution in [3.63, 3.8) is 0 Å². The van der Waals surface area contributed by atoms with E-state index in [-0.39, 0.29) is 5.92 Å². The van der Waals surface area contributed by atoms with Gasteiger partial charge in [-0.1, -0.05) is 0 Å². The van der Waals surface area contributed by atoms with Gasteiger partial charge in [0.2, 0.25) is 5.91 Å². The van der Waals surface area contributed by atoms with E-state index in [1.54, 1.807) is 0 Å². The van der Waals surface area contributed by atoms with Crippen LogP contribution in [0.2, 0.25) is 0 Å². The van der Waals surface area contributed by atoms with E-state index in [1.165, 1.54) is 0 Å². The van der Waals surface area contributed by atoms with E-state index in [0.717, 1.165) is 51.6 Å². The second-order valence-electron chi connectivity index (χ2n) is 5.92. The van der Waals surface area contributed by atoms with Gasteiger partial charge in [-0.05, 0) is 65.7 Å². The maximum atomic E-state index is 12.2. The van der Waals surface area contributed by atoms with E-state index < -0.39 is 0 Å². The Morgan fingerprint density at radius 3 is 2.17 bits per heavy atom. The minimum absolute atomic E-state index is 0.259. The van der Waals surface area contributed by atoms with Gasteiger partial charge < -0.3 is 15.5 Å². The van der Waals surface area contributed by atoms with Gasteiger partial charge >= 0.3 is 0 Å². The van der Waals surface area contributed by atoms with Crippen LogP contribution in [0.5, 0.6) is 0 Å². The number of likely N-dealkylation sites (tertiary alicyclic amines) is 1. The Labute approximate surface area is 110 Å². The van der Waals surface area contributed by atoms with Crippen molar-refractivity contribution in [2.24, 2.45) is 5.92 Å². The quantitative estimate of drug-likeness (QED) is 0.788. The van der Waals surface area contributed by atoms with Crippen molar-refractivity contribution in [2.75, 3.05) is 27.2 Å². The summed E-state index contributed by atoms with van der Waals surface area (Å²) in [5, 5.41) is 6.57. The summed E-state index contributed by atoms with van der Waals surface area (Å²) in [6.07, 6.45) is 6.58. The van der Waals surface area contributed by atoms with E-state index in [2.05, 4.69) is 22.6 Å². The van der Waals surface area contributed by atoms with Crippen LogP contribution in [0, 0.1) is 5.92 Å². The van der Waals surface area contributed by atoms with Gasteiger partial charge in [-0.3, -0.25) is 4.79 Å². The molecule has 2 fully saturated rings. The molecular formula is C14H27N3O. The monoisotopic (exact) mass is 253 g/mol. The van der Waals surface area contributed by atoms with Gasteiger partial charge in [-0.2, -0.15) is 0 Å². The highest BCUT2D eigenvalue weighted by molar-refractivity contribution is 5.79. The molecule has 4 nitrogen and oxygen atoms in total. The number of rotatable bonds is 3. The van der Waals surface area contributed by atoms with Crippen molar-refractivity contribution < 1.29 is 4.79 Å². The van der Waals surface area contributed by atoms with Crippen LogP contribution in [0.1, 0.15) is 38.5 Å². The van der Waals surface area contributed by atoms with Crippen molar-refractivity contribution in [1.29, 1.82) is 0 Å². The Morgan fingerprint density at radius 1 is 1.00 bits per heavy atom. The standard InChI is InChI=1S/C14H27N3O/c1-15-12-5-3-11(4-6-12)14(18)16-13-7-9-17(2)10-8-13/h11-13,15H,3-10H2,1-2H3,(H,16,18). The molecule has 18 heavy (non-hydrogen) atoms. The lowest BCUT2D eigenvalue weighted by Crippen LogP contribution is -2.46. The Kier molecular flexibility index (Phi) is 5.01. The highest BCUT2D eigenvalue weighted by Gasteiger charge is 2.27. The van der Waals surface area contributed by atoms with Crippen LogP contribution in [0.25, 0.3) is 0 Å². The predicted molar refractivity (Wildman–Crippen MR) is 73.5 cm³/mol. The number of hydrogen-bond acceptors (Lipinski definition) is 3. The Balaban J connectivity index is 1.72. The first-order valence-corrected chi connectivity index (χ1v) is 7.35. The molecule has 0 atom stereocenters. The molecule has 1 saturated carbocycles. The zero-order chi connectivity index (χ0) is 13.0. The number of nitrogens with zero attached hydrogens (tertiary/aromatic N) is 1. The summed E-state index contributed by atoms with van der Waals surface area (Å²) in [6, 6.07) is 1.04. The molecule has 0 radical (unpaired) electrons. The zero-order valence-corrected chi connectivity index (χ0v) is 11.7. The Hall–Kier alpha value is -0.610. The molecule has 1 aliphatic carbocycles. The smallest absolute Gasteiger partial charge is 0.223 e. The number of carbonyl (C=O) groups is 1. The summed E-state index contributed by atoms with van der Waals surface area (Å²) in [7, 11) is 4.17. The molecule has 0 aromatic rings. The summed E-state index contributed by atoms with van der Waals surface area (Å²) in [6.45, 7) is 2.22. The fourth-order valence-electron chi connectivity index (χ4n) is 3.12. The van der Waals surface area contributed by atoms with E-state index in [0.29, 0.717) is 18.0 Å². The summed E-state index contributed by atoms with van der Waals surface area (Å²) in [4.78, 5) is 14.5. The largest absolute Gasteiger partial charge is 0.353 e. The van der Waals surface area contributed by atoms with Crippen LogP contribution in [-0.4, -0.2) is 50.1 Å². The van der Waals surface area contributed by atoms with Crippen LogP contribution < -0.4 is 10.6 Å². The molecule has 0 aromatic heterocycles. The average Bonchev–Trinajstić information content (AvgIpc) is 2.41. The van der Waals surface area contributed by atoms with Crippen LogP contribution in [0.4, 0.5) is 0 Å². The van der Waals surface area contributed by atoms with Crippen molar-refractivity contribution in [3.8, 4) is 0 Å². The second kappa shape index (κ2) is 6.53. The zero-order valence-electron chi connectivity index (χ0n) is 11.7. The average molecular weight is 253 g/mol. The number of piperidine rings is 1. The van der Waals surface area contributed by atoms with Crippen molar-refractivity contribution in [2.45, 2.75) is 50.6 Å². The van der Waals surface area contributed by atoms with Crippen molar-refractivity contribution in [3.05, 3.63) is 0 Å². The van der Waals surface area contributed by atoms with Gasteiger partial charge in [0, 0.05) is 18.0 Å². The molecule has 0 spiro atoms. The van der Waals surface area contributed by atoms with E-state index in [1.807, 2.05) is 7.05 Å². The van der Waals surface area contributed by atoms with Crippen LogP contribution in [0.15, 0.2) is 0 Å². The van der Waals surface area contributed by atoms with Crippen LogP contribution in [-0.2, 0) is 4.79 Å². The van der Waals surface area contributed by atoms with E-state index >= 15 is 0 Å². The fourth-order valence-corrected chi connectivity index (χ4v) is 3.12. The first-order chi connectivity index (χ1) is 8.69. The van der Waals surface area contributed by atoms with Gasteiger partial charge in [0.25, 0.3) is 0 Å². The van der Waals surface area contributed by atoms with Crippen molar-refractivity contribution in [1.82, 2.24) is 15.5 Å². The molecule has 0 bridgehead atoms. The Morgan fingerprint density at radius 2 is 1.61 bits per heavy atom. The lowest BCUT2D eigenvalue weighted by atomic mass is 9.85. The van der Waals surface area contributed by atoms with Gasteiger partial charge in [-0.25, -0.2) is 0 Å². The van der Waals surface area contributed by atoms with Gasteiger partial charge in [0.1, 0.15) is 0 Å². The predicted octanol–water partition coefficient (Wildman–Crippen LogP) is 0.975. The third kappa shape index (κ3) is 3.69. The van der Waals surface area contributed by atoms with Crippen molar-refractivity contribution >= 4 is 5.91 Å². The third-order valence-corrected chi connectivity index (χ3v) is 4.57. The molecule has 1 amide bonds. The minimum Gasteiger partial charge on any atom is -0.353 e. The maximum absolute atomic E-state index is 12.2. The summed E-state index contributed by atoms with van der Waals surface area (Å²) >= 11 is 0. The topological polar surface area (TPSA) is 44.4 Å². The fraction of sp³-hybridized carbons (Fsp3) is 0.929. The normalized spacial score (nSPS) is 31.2. The molecule has 1 saturated heterocycles. The molecule has 4 heteroatoms. The van der Waals surface area contributed by atoms with E-state index in [4.69, 9.17) is 0 Å². The van der Waals surface area contributed by atoms with Crippen LogP contribution >= 0.6 is 0 Å². The van der Waals surface area contributed by atoms with E-state index in [9.17, 15) is 4.79 Å². The lowest BCUT2D eigenvalue weighted by molar-refractivity contribution is -0.127. The molecule has 1 aliphatic heterocycles. The molecule has 0 unspecified atom stereocenters. The Bertz CT molecular complexity index is 266. The first kappa shape index (κ1) is 13.8. The second-order valence-corrected chi connectivity index (χ2v) is 5.92. The third-order valence-electron chi connectivity index (χ3n) is 4.57. The molecule has 0 aromatic carbocycles. The molecule has 2 rings (SSSR count). The highest BCUT2D eigenvalue weighted by Crippen LogP contribution is 2.24. The summed E-state index contributed by atoms with van der Waals surface area (Å²) in [5.41, 5.74) is 0. The number of amides is 1. The first-order valence-electron chi connectivity index (χ1n) is 7.35. The molecule has 1 heterocycles. The molecule has 2 aliphatic rings. The highest BCUT2D eigenvalue weighted by atomic mass is 16.1. The van der Waals surface area contributed by atoms with Gasteiger partial charge in [0.05, 0.1) is 0 Å². The molecular weight excluding hydrogens is 226 g/mol. The number of carbonyl (C=O) groups excluding carboxylic acids is 1. The molecule has 104 valence electrons. The van der Waals surface area contributed by atoms with Gasteiger partial charge in [0.15, 0.2) is 0 Å². The SMILES string of the molecule is CNC1CCC(C(=O)NC2CCN(C)CC2)CC1. The minimum atomic E-state index is 0.259. The summed E-state index contributed by atoms with van der Waals surface area (Å²) < 4.78 is 0. The molecule has 2 N–H and O–H groups in total. The lowest BCUT2D eigenvalue weighted by Gasteiger charge is -2.32. The number of nitrogens with one attached hydrogen (secondary N) is 2. The number of hydrogen-bond donors (Lipinski definition) is 2. The van der Waals surface area contributed by atoms with Gasteiger partial charge in [-0.15, -0.1) is 0 Å².